The molecule has 1 aromatic carbocycles. The fraction of sp³-hybridized carbons (Fsp3) is 0.611. The van der Waals surface area contributed by atoms with E-state index in [1.807, 2.05) is 23.9 Å². The molecule has 3 rings (SSSR count). The molecule has 0 atom stereocenters. The smallest absolute Gasteiger partial charge is 0.227 e. The summed E-state index contributed by atoms with van der Waals surface area (Å²) in [6.45, 7) is 3.21. The average Bonchev–Trinajstić information content (AvgIpc) is 2.94. The van der Waals surface area contributed by atoms with E-state index in [2.05, 4.69) is 22.3 Å². The minimum Gasteiger partial charge on any atom is -0.389 e. The van der Waals surface area contributed by atoms with E-state index in [9.17, 15) is 9.90 Å². The van der Waals surface area contributed by atoms with Crippen LogP contribution in [0.15, 0.2) is 24.3 Å². The second kappa shape index (κ2) is 7.69. The maximum absolute atomic E-state index is 12.2. The number of hydrogen-bond acceptors (Lipinski definition) is 4. The van der Waals surface area contributed by atoms with E-state index in [0.29, 0.717) is 0 Å². The van der Waals surface area contributed by atoms with E-state index < -0.39 is 5.60 Å². The summed E-state index contributed by atoms with van der Waals surface area (Å²) in [5.41, 5.74) is 1.28. The molecule has 2 aliphatic rings. The molecule has 1 aliphatic heterocycles. The number of carbonyl (C=O) groups excluding carboxylic acids is 1. The third-order valence-corrected chi connectivity index (χ3v) is 5.69. The molecule has 1 heterocycles. The summed E-state index contributed by atoms with van der Waals surface area (Å²) < 4.78 is 0. The minimum absolute atomic E-state index is 0.0825. The highest BCUT2D eigenvalue weighted by atomic mass is 32.2. The highest BCUT2D eigenvalue weighted by molar-refractivity contribution is 7.99. The summed E-state index contributed by atoms with van der Waals surface area (Å²) in [6.07, 6.45) is 3.74. The first-order valence-electron chi connectivity index (χ1n) is 8.54. The molecular formula is C18H26N2O2S. The van der Waals surface area contributed by atoms with Crippen molar-refractivity contribution in [2.24, 2.45) is 0 Å². The van der Waals surface area contributed by atoms with Gasteiger partial charge in [0.2, 0.25) is 5.91 Å². The van der Waals surface area contributed by atoms with Gasteiger partial charge in [0.25, 0.3) is 0 Å². The number of benzene rings is 1. The number of carbonyl (C=O) groups is 1. The highest BCUT2D eigenvalue weighted by Gasteiger charge is 2.33. The third-order valence-electron chi connectivity index (χ3n) is 4.74. The quantitative estimate of drug-likeness (QED) is 0.869. The van der Waals surface area contributed by atoms with E-state index in [0.717, 1.165) is 51.0 Å². The Morgan fingerprint density at radius 2 is 2.00 bits per heavy atom. The van der Waals surface area contributed by atoms with Crippen LogP contribution in [0.2, 0.25) is 0 Å². The first kappa shape index (κ1) is 16.8. The van der Waals surface area contributed by atoms with Crippen molar-refractivity contribution in [3.05, 3.63) is 29.8 Å². The van der Waals surface area contributed by atoms with Gasteiger partial charge < -0.3 is 10.4 Å². The van der Waals surface area contributed by atoms with Crippen LogP contribution >= 0.6 is 11.8 Å². The van der Waals surface area contributed by atoms with Crippen LogP contribution in [0.25, 0.3) is 0 Å². The number of nitrogens with zero attached hydrogens (tertiary/aromatic N) is 1. The van der Waals surface area contributed by atoms with Crippen molar-refractivity contribution in [1.82, 2.24) is 4.90 Å². The van der Waals surface area contributed by atoms with E-state index in [1.54, 1.807) is 0 Å². The molecule has 0 spiro atoms. The second-order valence-corrected chi connectivity index (χ2v) is 7.97. The lowest BCUT2D eigenvalue weighted by molar-refractivity contribution is -0.120. The summed E-state index contributed by atoms with van der Waals surface area (Å²) in [4.78, 5) is 14.6. The number of aliphatic hydroxyl groups is 1. The zero-order valence-electron chi connectivity index (χ0n) is 13.6. The minimum atomic E-state index is -0.785. The monoisotopic (exact) mass is 334 g/mol. The number of hydrogen-bond donors (Lipinski definition) is 2. The molecule has 0 bridgehead atoms. The van der Waals surface area contributed by atoms with E-state index in [1.165, 1.54) is 17.1 Å². The van der Waals surface area contributed by atoms with Crippen LogP contribution in [0.4, 0.5) is 5.69 Å². The van der Waals surface area contributed by atoms with Gasteiger partial charge in [-0.2, -0.15) is 11.8 Å². The van der Waals surface area contributed by atoms with Crippen LogP contribution < -0.4 is 5.32 Å². The molecule has 4 nitrogen and oxygen atoms in total. The lowest BCUT2D eigenvalue weighted by Gasteiger charge is -2.26. The van der Waals surface area contributed by atoms with Crippen molar-refractivity contribution in [1.29, 1.82) is 0 Å². The van der Waals surface area contributed by atoms with Crippen molar-refractivity contribution in [2.75, 3.05) is 29.9 Å². The van der Waals surface area contributed by atoms with Crippen LogP contribution in [0.3, 0.4) is 0 Å². The molecule has 1 aromatic rings. The van der Waals surface area contributed by atoms with E-state index >= 15 is 0 Å². The van der Waals surface area contributed by atoms with Gasteiger partial charge in [0.1, 0.15) is 0 Å². The summed E-state index contributed by atoms with van der Waals surface area (Å²) in [7, 11) is 0. The lowest BCUT2D eigenvalue weighted by Crippen LogP contribution is -2.32. The number of amides is 1. The Kier molecular flexibility index (Phi) is 5.62. The Hall–Kier alpha value is -1.04. The molecule has 5 heteroatoms. The lowest BCUT2D eigenvalue weighted by atomic mass is 9.97. The second-order valence-electron chi connectivity index (χ2n) is 6.75. The molecular weight excluding hydrogens is 308 g/mol. The Morgan fingerprint density at radius 3 is 2.74 bits per heavy atom. The molecule has 126 valence electrons. The van der Waals surface area contributed by atoms with Crippen molar-refractivity contribution >= 4 is 23.4 Å². The molecule has 1 saturated carbocycles. The van der Waals surface area contributed by atoms with Gasteiger partial charge in [-0.15, -0.1) is 0 Å². The van der Waals surface area contributed by atoms with Gasteiger partial charge in [-0.05, 0) is 30.5 Å². The Morgan fingerprint density at radius 1 is 1.26 bits per heavy atom. The van der Waals surface area contributed by atoms with Crippen LogP contribution in [-0.4, -0.2) is 46.1 Å². The first-order valence-corrected chi connectivity index (χ1v) is 9.70. The van der Waals surface area contributed by atoms with E-state index in [4.69, 9.17) is 0 Å². The van der Waals surface area contributed by atoms with Gasteiger partial charge in [-0.1, -0.05) is 25.0 Å². The van der Waals surface area contributed by atoms with Crippen molar-refractivity contribution in [3.8, 4) is 0 Å². The maximum Gasteiger partial charge on any atom is 0.227 e. The third kappa shape index (κ3) is 4.96. The number of thioether (sulfide) groups is 1. The fourth-order valence-corrected chi connectivity index (χ4v) is 4.46. The fourth-order valence-electron chi connectivity index (χ4n) is 3.48. The molecule has 1 amide bonds. The van der Waals surface area contributed by atoms with Crippen molar-refractivity contribution < 1.29 is 9.90 Å². The molecule has 0 aromatic heterocycles. The molecule has 0 radical (unpaired) electrons. The normalized spacial score (nSPS) is 21.3. The van der Waals surface area contributed by atoms with Gasteiger partial charge in [0, 0.05) is 36.8 Å². The van der Waals surface area contributed by atoms with Crippen LogP contribution in [0.5, 0.6) is 0 Å². The predicted octanol–water partition coefficient (Wildman–Crippen LogP) is 2.87. The van der Waals surface area contributed by atoms with Gasteiger partial charge in [-0.3, -0.25) is 9.69 Å². The van der Waals surface area contributed by atoms with Crippen molar-refractivity contribution in [3.63, 3.8) is 0 Å². The van der Waals surface area contributed by atoms with Gasteiger partial charge >= 0.3 is 0 Å². The van der Waals surface area contributed by atoms with Gasteiger partial charge in [0.15, 0.2) is 0 Å². The Labute approximate surface area is 142 Å². The van der Waals surface area contributed by atoms with Gasteiger partial charge in [-0.25, -0.2) is 0 Å². The van der Waals surface area contributed by atoms with Crippen LogP contribution in [-0.2, 0) is 11.3 Å². The summed E-state index contributed by atoms with van der Waals surface area (Å²) in [5, 5.41) is 13.3. The molecule has 0 unspecified atom stereocenters. The summed E-state index contributed by atoms with van der Waals surface area (Å²) in [6, 6.07) is 8.08. The predicted molar refractivity (Wildman–Crippen MR) is 95.7 cm³/mol. The SMILES string of the molecule is O=C(CC1(O)CCCC1)Nc1cccc(CN2CCSCC2)c1. The summed E-state index contributed by atoms with van der Waals surface area (Å²) >= 11 is 2.01. The topological polar surface area (TPSA) is 52.6 Å². The molecule has 2 fully saturated rings. The number of nitrogens with one attached hydrogen (secondary N) is 1. The first-order chi connectivity index (χ1) is 11.1. The molecule has 1 aliphatic carbocycles. The Bertz CT molecular complexity index is 538. The Balaban J connectivity index is 1.55. The van der Waals surface area contributed by atoms with Gasteiger partial charge in [0.05, 0.1) is 12.0 Å². The number of anilines is 1. The van der Waals surface area contributed by atoms with Crippen LogP contribution in [0.1, 0.15) is 37.7 Å². The van der Waals surface area contributed by atoms with Crippen molar-refractivity contribution in [2.45, 2.75) is 44.2 Å². The van der Waals surface area contributed by atoms with E-state index in [-0.39, 0.29) is 12.3 Å². The zero-order valence-corrected chi connectivity index (χ0v) is 14.4. The maximum atomic E-state index is 12.2. The molecule has 1 saturated heterocycles. The zero-order chi connectivity index (χ0) is 16.1. The molecule has 2 N–H and O–H groups in total. The average molecular weight is 334 g/mol. The summed E-state index contributed by atoms with van der Waals surface area (Å²) in [5.74, 6) is 2.32. The van der Waals surface area contributed by atoms with Crippen LogP contribution in [0, 0.1) is 0 Å². The largest absolute Gasteiger partial charge is 0.389 e. The highest BCUT2D eigenvalue weighted by Crippen LogP contribution is 2.32. The molecule has 23 heavy (non-hydrogen) atoms. The standard InChI is InChI=1S/C18H26N2O2S/c21-17(13-18(22)6-1-2-7-18)19-16-5-3-4-15(12-16)14-20-8-10-23-11-9-20/h3-5,12,22H,1-2,6-11,13-14H2,(H,19,21). The number of rotatable bonds is 5.